The summed E-state index contributed by atoms with van der Waals surface area (Å²) in [6, 6.07) is 4.99. The lowest BCUT2D eigenvalue weighted by molar-refractivity contribution is 0.318. The van der Waals surface area contributed by atoms with Gasteiger partial charge in [0.25, 0.3) is 0 Å². The van der Waals surface area contributed by atoms with Crippen LogP contribution in [0.1, 0.15) is 6.92 Å². The van der Waals surface area contributed by atoms with Gasteiger partial charge in [0.15, 0.2) is 17.3 Å². The fraction of sp³-hybridized carbons (Fsp3) is 0.182. The summed E-state index contributed by atoms with van der Waals surface area (Å²) in [5, 5.41) is 9.53. The molecule has 1 heterocycles. The van der Waals surface area contributed by atoms with Gasteiger partial charge in [-0.2, -0.15) is 0 Å². The van der Waals surface area contributed by atoms with Crippen LogP contribution in [0.25, 0.3) is 11.4 Å². The standard InChI is InChI=1S/C11H11N3O2/c1-2-16-10-5-8(3-4-9(10)15)11-13-6-12-7-14-11/h3-7,15H,2H2,1H3. The largest absolute Gasteiger partial charge is 0.504 e. The number of ether oxygens (including phenoxy) is 1. The average Bonchev–Trinajstić information content (AvgIpc) is 2.33. The molecule has 0 amide bonds. The van der Waals surface area contributed by atoms with Gasteiger partial charge in [0.05, 0.1) is 6.61 Å². The fourth-order valence-corrected chi connectivity index (χ4v) is 1.31. The maximum atomic E-state index is 9.53. The molecule has 0 atom stereocenters. The van der Waals surface area contributed by atoms with Gasteiger partial charge in [0.2, 0.25) is 0 Å². The molecule has 5 nitrogen and oxygen atoms in total. The highest BCUT2D eigenvalue weighted by atomic mass is 16.5. The minimum Gasteiger partial charge on any atom is -0.504 e. The molecule has 2 aromatic rings. The zero-order valence-electron chi connectivity index (χ0n) is 8.79. The number of nitrogens with zero attached hydrogens (tertiary/aromatic N) is 3. The van der Waals surface area contributed by atoms with Crippen molar-refractivity contribution in [2.75, 3.05) is 6.61 Å². The molecule has 1 aromatic heterocycles. The molecule has 82 valence electrons. The van der Waals surface area contributed by atoms with E-state index in [-0.39, 0.29) is 5.75 Å². The van der Waals surface area contributed by atoms with Gasteiger partial charge in [0.1, 0.15) is 12.7 Å². The van der Waals surface area contributed by atoms with Crippen LogP contribution >= 0.6 is 0 Å². The normalized spacial score (nSPS) is 10.1. The quantitative estimate of drug-likeness (QED) is 0.846. The molecular weight excluding hydrogens is 206 g/mol. The minimum atomic E-state index is 0.111. The molecule has 1 aromatic carbocycles. The number of phenols is 1. The first-order valence-corrected chi connectivity index (χ1v) is 4.89. The zero-order valence-corrected chi connectivity index (χ0v) is 8.79. The van der Waals surface area contributed by atoms with Crippen molar-refractivity contribution in [3.63, 3.8) is 0 Å². The van der Waals surface area contributed by atoms with Crippen molar-refractivity contribution < 1.29 is 9.84 Å². The van der Waals surface area contributed by atoms with Crippen LogP contribution in [-0.4, -0.2) is 26.7 Å². The molecular formula is C11H11N3O2. The third-order valence-corrected chi connectivity index (χ3v) is 2.01. The van der Waals surface area contributed by atoms with Crippen molar-refractivity contribution in [3.8, 4) is 22.9 Å². The lowest BCUT2D eigenvalue weighted by Crippen LogP contribution is -1.94. The molecule has 0 bridgehead atoms. The van der Waals surface area contributed by atoms with Crippen molar-refractivity contribution in [1.29, 1.82) is 0 Å². The SMILES string of the molecule is CCOc1cc(-c2ncncn2)ccc1O. The van der Waals surface area contributed by atoms with Gasteiger partial charge >= 0.3 is 0 Å². The van der Waals surface area contributed by atoms with Crippen LogP contribution in [0.15, 0.2) is 30.9 Å². The Morgan fingerprint density at radius 3 is 2.69 bits per heavy atom. The monoisotopic (exact) mass is 217 g/mol. The number of aromatic hydroxyl groups is 1. The summed E-state index contributed by atoms with van der Waals surface area (Å²) in [5.41, 5.74) is 0.781. The zero-order chi connectivity index (χ0) is 11.4. The van der Waals surface area contributed by atoms with Gasteiger partial charge in [-0.15, -0.1) is 0 Å². The number of benzene rings is 1. The summed E-state index contributed by atoms with van der Waals surface area (Å²) in [7, 11) is 0. The van der Waals surface area contributed by atoms with E-state index in [0.717, 1.165) is 5.56 Å². The van der Waals surface area contributed by atoms with Crippen LogP contribution < -0.4 is 4.74 Å². The first-order valence-electron chi connectivity index (χ1n) is 4.89. The molecule has 0 aliphatic rings. The molecule has 0 unspecified atom stereocenters. The number of rotatable bonds is 3. The first-order chi connectivity index (χ1) is 7.81. The predicted octanol–water partition coefficient (Wildman–Crippen LogP) is 1.64. The Labute approximate surface area is 92.8 Å². The molecule has 0 radical (unpaired) electrons. The maximum absolute atomic E-state index is 9.53. The molecule has 0 saturated carbocycles. The third kappa shape index (κ3) is 2.08. The second-order valence-corrected chi connectivity index (χ2v) is 3.08. The highest BCUT2D eigenvalue weighted by molar-refractivity contribution is 5.60. The molecule has 2 rings (SSSR count). The summed E-state index contributed by atoms with van der Waals surface area (Å²) in [4.78, 5) is 11.8. The van der Waals surface area contributed by atoms with Crippen molar-refractivity contribution in [2.45, 2.75) is 6.92 Å². The number of hydrogen-bond acceptors (Lipinski definition) is 5. The molecule has 0 spiro atoms. The van der Waals surface area contributed by atoms with E-state index in [4.69, 9.17) is 4.74 Å². The number of aromatic nitrogens is 3. The van der Waals surface area contributed by atoms with Gasteiger partial charge in [-0.05, 0) is 25.1 Å². The Bertz CT molecular complexity index is 474. The predicted molar refractivity (Wildman–Crippen MR) is 58.1 cm³/mol. The topological polar surface area (TPSA) is 68.1 Å². The molecule has 0 saturated heterocycles. The van der Waals surface area contributed by atoms with Crippen molar-refractivity contribution in [3.05, 3.63) is 30.9 Å². The molecule has 5 heteroatoms. The summed E-state index contributed by atoms with van der Waals surface area (Å²) in [6.07, 6.45) is 2.85. The van der Waals surface area contributed by atoms with Crippen LogP contribution in [0, 0.1) is 0 Å². The fourth-order valence-electron chi connectivity index (χ4n) is 1.31. The second kappa shape index (κ2) is 4.57. The molecule has 0 fully saturated rings. The van der Waals surface area contributed by atoms with Crippen LogP contribution in [0.3, 0.4) is 0 Å². The van der Waals surface area contributed by atoms with E-state index in [0.29, 0.717) is 18.2 Å². The number of phenolic OH excluding ortho intramolecular Hbond substituents is 1. The van der Waals surface area contributed by atoms with Crippen LogP contribution in [0.4, 0.5) is 0 Å². The first kappa shape index (κ1) is 10.4. The van der Waals surface area contributed by atoms with E-state index in [9.17, 15) is 5.11 Å². The van der Waals surface area contributed by atoms with Crippen molar-refractivity contribution >= 4 is 0 Å². The third-order valence-electron chi connectivity index (χ3n) is 2.01. The van der Waals surface area contributed by atoms with E-state index in [2.05, 4.69) is 15.0 Å². The summed E-state index contributed by atoms with van der Waals surface area (Å²) >= 11 is 0. The molecule has 0 aliphatic carbocycles. The summed E-state index contributed by atoms with van der Waals surface area (Å²) < 4.78 is 5.28. The van der Waals surface area contributed by atoms with E-state index in [1.54, 1.807) is 18.2 Å². The van der Waals surface area contributed by atoms with Gasteiger partial charge in [0, 0.05) is 5.56 Å². The Hall–Kier alpha value is -2.17. The second-order valence-electron chi connectivity index (χ2n) is 3.08. The molecule has 16 heavy (non-hydrogen) atoms. The smallest absolute Gasteiger partial charge is 0.162 e. The number of hydrogen-bond donors (Lipinski definition) is 1. The van der Waals surface area contributed by atoms with Crippen molar-refractivity contribution in [2.24, 2.45) is 0 Å². The van der Waals surface area contributed by atoms with E-state index in [1.807, 2.05) is 6.92 Å². The summed E-state index contributed by atoms with van der Waals surface area (Å²) in [6.45, 7) is 2.35. The van der Waals surface area contributed by atoms with Crippen LogP contribution in [0.2, 0.25) is 0 Å². The van der Waals surface area contributed by atoms with E-state index in [1.165, 1.54) is 12.7 Å². The van der Waals surface area contributed by atoms with Crippen LogP contribution in [0.5, 0.6) is 11.5 Å². The van der Waals surface area contributed by atoms with E-state index >= 15 is 0 Å². The highest BCUT2D eigenvalue weighted by Crippen LogP contribution is 2.29. The van der Waals surface area contributed by atoms with Crippen LogP contribution in [-0.2, 0) is 0 Å². The summed E-state index contributed by atoms with van der Waals surface area (Å²) in [5.74, 6) is 1.09. The van der Waals surface area contributed by atoms with Gasteiger partial charge in [-0.1, -0.05) is 0 Å². The van der Waals surface area contributed by atoms with Gasteiger partial charge in [-0.25, -0.2) is 15.0 Å². The van der Waals surface area contributed by atoms with Gasteiger partial charge in [-0.3, -0.25) is 0 Å². The highest BCUT2D eigenvalue weighted by Gasteiger charge is 2.06. The lowest BCUT2D eigenvalue weighted by Gasteiger charge is -2.07. The van der Waals surface area contributed by atoms with Crippen molar-refractivity contribution in [1.82, 2.24) is 15.0 Å². The minimum absolute atomic E-state index is 0.111. The molecule has 0 aliphatic heterocycles. The Kier molecular flexibility index (Phi) is 2.95. The average molecular weight is 217 g/mol. The van der Waals surface area contributed by atoms with Gasteiger partial charge < -0.3 is 9.84 Å². The Morgan fingerprint density at radius 2 is 2.00 bits per heavy atom. The lowest BCUT2D eigenvalue weighted by atomic mass is 10.2. The van der Waals surface area contributed by atoms with E-state index < -0.39 is 0 Å². The molecule has 1 N–H and O–H groups in total. The maximum Gasteiger partial charge on any atom is 0.162 e. The Balaban J connectivity index is 2.40. The Morgan fingerprint density at radius 1 is 1.25 bits per heavy atom.